The summed E-state index contributed by atoms with van der Waals surface area (Å²) in [6.07, 6.45) is 5.50. The Balaban J connectivity index is 1.50. The number of benzene rings is 2. The molecule has 2 unspecified atom stereocenters. The van der Waals surface area contributed by atoms with Crippen molar-refractivity contribution < 1.29 is 19.1 Å². The normalized spacial score (nSPS) is 21.9. The highest BCUT2D eigenvalue weighted by molar-refractivity contribution is 5.98. The SMILES string of the molecule is COc1cccc(/C=C2/OC3CCCCC3N(CC(=O)NCc3ccccc3)C2=O)c1. The zero-order valence-electron chi connectivity index (χ0n) is 17.8. The number of hydrogen-bond donors (Lipinski definition) is 1. The number of carbonyl (C=O) groups is 2. The number of carbonyl (C=O) groups excluding carboxylic acids is 2. The van der Waals surface area contributed by atoms with Gasteiger partial charge in [0, 0.05) is 6.54 Å². The van der Waals surface area contributed by atoms with Crippen LogP contribution in [0.25, 0.3) is 6.08 Å². The molecule has 0 radical (unpaired) electrons. The van der Waals surface area contributed by atoms with E-state index in [4.69, 9.17) is 9.47 Å². The van der Waals surface area contributed by atoms with E-state index >= 15 is 0 Å². The molecule has 6 heteroatoms. The van der Waals surface area contributed by atoms with Gasteiger partial charge in [-0.2, -0.15) is 0 Å². The van der Waals surface area contributed by atoms with Gasteiger partial charge < -0.3 is 19.7 Å². The summed E-state index contributed by atoms with van der Waals surface area (Å²) in [5.41, 5.74) is 1.85. The summed E-state index contributed by atoms with van der Waals surface area (Å²) in [4.78, 5) is 27.6. The molecule has 2 aromatic carbocycles. The zero-order chi connectivity index (χ0) is 21.6. The minimum atomic E-state index is -0.235. The van der Waals surface area contributed by atoms with Gasteiger partial charge in [-0.1, -0.05) is 48.9 Å². The third kappa shape index (κ3) is 5.08. The first-order chi connectivity index (χ1) is 15.1. The average molecular weight is 421 g/mol. The number of nitrogens with zero attached hydrogens (tertiary/aromatic N) is 1. The number of fused-ring (bicyclic) bond motifs is 1. The molecule has 2 atom stereocenters. The smallest absolute Gasteiger partial charge is 0.289 e. The lowest BCUT2D eigenvalue weighted by atomic mass is 9.89. The van der Waals surface area contributed by atoms with Gasteiger partial charge in [-0.25, -0.2) is 0 Å². The van der Waals surface area contributed by atoms with Crippen LogP contribution in [0.1, 0.15) is 36.8 Å². The van der Waals surface area contributed by atoms with Crippen molar-refractivity contribution in [3.63, 3.8) is 0 Å². The number of rotatable bonds is 6. The molecule has 1 saturated carbocycles. The van der Waals surface area contributed by atoms with E-state index in [9.17, 15) is 9.59 Å². The van der Waals surface area contributed by atoms with Crippen molar-refractivity contribution in [3.8, 4) is 5.75 Å². The number of ether oxygens (including phenoxy) is 2. The Morgan fingerprint density at radius 2 is 1.97 bits per heavy atom. The van der Waals surface area contributed by atoms with Crippen molar-refractivity contribution >= 4 is 17.9 Å². The van der Waals surface area contributed by atoms with E-state index in [-0.39, 0.29) is 36.3 Å². The topological polar surface area (TPSA) is 67.9 Å². The summed E-state index contributed by atoms with van der Waals surface area (Å²) in [5.74, 6) is 0.600. The first kappa shape index (κ1) is 21.0. The van der Waals surface area contributed by atoms with Gasteiger partial charge in [-0.15, -0.1) is 0 Å². The van der Waals surface area contributed by atoms with E-state index < -0.39 is 0 Å². The Labute approximate surface area is 182 Å². The molecule has 2 aromatic rings. The van der Waals surface area contributed by atoms with E-state index in [0.717, 1.165) is 36.8 Å². The van der Waals surface area contributed by atoms with E-state index in [1.807, 2.05) is 54.6 Å². The number of methoxy groups -OCH3 is 1. The monoisotopic (exact) mass is 420 g/mol. The van der Waals surface area contributed by atoms with Gasteiger partial charge in [-0.3, -0.25) is 9.59 Å². The fraction of sp³-hybridized carbons (Fsp3) is 0.360. The summed E-state index contributed by atoms with van der Waals surface area (Å²) in [5, 5.41) is 2.93. The molecule has 1 heterocycles. The zero-order valence-corrected chi connectivity index (χ0v) is 17.8. The van der Waals surface area contributed by atoms with Gasteiger partial charge in [0.2, 0.25) is 5.91 Å². The lowest BCUT2D eigenvalue weighted by Gasteiger charge is -2.44. The molecule has 1 N–H and O–H groups in total. The van der Waals surface area contributed by atoms with Gasteiger partial charge in [0.05, 0.1) is 13.2 Å². The largest absolute Gasteiger partial charge is 0.497 e. The Hall–Kier alpha value is -3.28. The number of amides is 2. The fourth-order valence-electron chi connectivity index (χ4n) is 4.25. The molecule has 162 valence electrons. The molecule has 0 aromatic heterocycles. The quantitative estimate of drug-likeness (QED) is 0.726. The van der Waals surface area contributed by atoms with Crippen LogP contribution in [0.5, 0.6) is 5.75 Å². The summed E-state index contributed by atoms with van der Waals surface area (Å²) >= 11 is 0. The number of morpholine rings is 1. The van der Waals surface area contributed by atoms with Gasteiger partial charge in [0.15, 0.2) is 5.76 Å². The first-order valence-electron chi connectivity index (χ1n) is 10.8. The minimum Gasteiger partial charge on any atom is -0.497 e. The van der Waals surface area contributed by atoms with Crippen molar-refractivity contribution in [1.29, 1.82) is 0 Å². The summed E-state index contributed by atoms with van der Waals surface area (Å²) in [6.45, 7) is 0.477. The maximum atomic E-state index is 13.3. The second kappa shape index (κ2) is 9.69. The van der Waals surface area contributed by atoms with E-state index in [0.29, 0.717) is 12.3 Å². The molecule has 0 spiro atoms. The summed E-state index contributed by atoms with van der Waals surface area (Å²) < 4.78 is 11.4. The van der Waals surface area contributed by atoms with Crippen molar-refractivity contribution in [3.05, 3.63) is 71.5 Å². The maximum Gasteiger partial charge on any atom is 0.289 e. The van der Waals surface area contributed by atoms with Crippen molar-refractivity contribution in [2.24, 2.45) is 0 Å². The molecule has 4 rings (SSSR count). The Kier molecular flexibility index (Phi) is 6.55. The third-order valence-corrected chi connectivity index (χ3v) is 5.86. The Morgan fingerprint density at radius 1 is 1.16 bits per heavy atom. The molecule has 31 heavy (non-hydrogen) atoms. The van der Waals surface area contributed by atoms with Crippen molar-refractivity contribution in [2.45, 2.75) is 44.4 Å². The van der Waals surface area contributed by atoms with Crippen LogP contribution in [0.2, 0.25) is 0 Å². The molecular weight excluding hydrogens is 392 g/mol. The van der Waals surface area contributed by atoms with Crippen LogP contribution in [-0.4, -0.2) is 42.5 Å². The van der Waals surface area contributed by atoms with Gasteiger partial charge in [-0.05, 0) is 48.6 Å². The van der Waals surface area contributed by atoms with Crippen LogP contribution in [-0.2, 0) is 20.9 Å². The second-order valence-corrected chi connectivity index (χ2v) is 7.99. The molecule has 1 aliphatic carbocycles. The predicted octanol–water partition coefficient (Wildman–Crippen LogP) is 3.52. The highest BCUT2D eigenvalue weighted by Gasteiger charge is 2.42. The van der Waals surface area contributed by atoms with E-state index in [1.165, 1.54) is 0 Å². The Morgan fingerprint density at radius 3 is 2.77 bits per heavy atom. The van der Waals surface area contributed by atoms with Crippen LogP contribution in [0.4, 0.5) is 0 Å². The predicted molar refractivity (Wildman–Crippen MR) is 118 cm³/mol. The van der Waals surface area contributed by atoms with Crippen molar-refractivity contribution in [1.82, 2.24) is 10.2 Å². The second-order valence-electron chi connectivity index (χ2n) is 7.99. The van der Waals surface area contributed by atoms with Gasteiger partial charge >= 0.3 is 0 Å². The first-order valence-corrected chi connectivity index (χ1v) is 10.8. The van der Waals surface area contributed by atoms with Crippen LogP contribution in [0, 0.1) is 0 Å². The number of hydrogen-bond acceptors (Lipinski definition) is 4. The lowest BCUT2D eigenvalue weighted by Crippen LogP contribution is -2.57. The van der Waals surface area contributed by atoms with Crippen LogP contribution >= 0.6 is 0 Å². The summed E-state index contributed by atoms with van der Waals surface area (Å²) in [7, 11) is 1.61. The molecule has 0 bridgehead atoms. The van der Waals surface area contributed by atoms with Crippen LogP contribution in [0.3, 0.4) is 0 Å². The van der Waals surface area contributed by atoms with Crippen LogP contribution in [0.15, 0.2) is 60.4 Å². The van der Waals surface area contributed by atoms with Gasteiger partial charge in [0.1, 0.15) is 18.4 Å². The highest BCUT2D eigenvalue weighted by Crippen LogP contribution is 2.33. The maximum absolute atomic E-state index is 13.3. The number of nitrogens with one attached hydrogen (secondary N) is 1. The average Bonchev–Trinajstić information content (AvgIpc) is 2.81. The molecular formula is C25H28N2O4. The van der Waals surface area contributed by atoms with Crippen LogP contribution < -0.4 is 10.1 Å². The summed E-state index contributed by atoms with van der Waals surface area (Å²) in [6, 6.07) is 17.2. The van der Waals surface area contributed by atoms with E-state index in [2.05, 4.69) is 5.32 Å². The highest BCUT2D eigenvalue weighted by atomic mass is 16.5. The Bertz CT molecular complexity index is 957. The molecule has 1 saturated heterocycles. The standard InChI is InChI=1S/C25H28N2O4/c1-30-20-11-7-10-19(14-20)15-23-25(29)27(21-12-5-6-13-22(21)31-23)17-24(28)26-16-18-8-3-2-4-9-18/h2-4,7-11,14-15,21-22H,5-6,12-13,16-17H2,1H3,(H,26,28)/b23-15+. The lowest BCUT2D eigenvalue weighted by molar-refractivity contribution is -0.151. The molecule has 1 aliphatic heterocycles. The molecule has 6 nitrogen and oxygen atoms in total. The molecule has 2 aliphatic rings. The fourth-order valence-corrected chi connectivity index (χ4v) is 4.25. The van der Waals surface area contributed by atoms with E-state index in [1.54, 1.807) is 18.1 Å². The minimum absolute atomic E-state index is 0.0334. The van der Waals surface area contributed by atoms with Crippen molar-refractivity contribution in [2.75, 3.05) is 13.7 Å². The third-order valence-electron chi connectivity index (χ3n) is 5.86. The van der Waals surface area contributed by atoms with Gasteiger partial charge in [0.25, 0.3) is 5.91 Å². The molecule has 2 fully saturated rings. The molecule has 2 amide bonds.